The summed E-state index contributed by atoms with van der Waals surface area (Å²) in [5, 5.41) is 8.69. The summed E-state index contributed by atoms with van der Waals surface area (Å²) in [5.74, 6) is 0.0333. The molecule has 0 bridgehead atoms. The molecule has 0 atom stereocenters. The molecule has 1 aromatic rings. The van der Waals surface area contributed by atoms with Crippen LogP contribution in [0.2, 0.25) is 0 Å². The van der Waals surface area contributed by atoms with Gasteiger partial charge in [0.05, 0.1) is 13.2 Å². The van der Waals surface area contributed by atoms with Crippen molar-refractivity contribution in [3.63, 3.8) is 0 Å². The van der Waals surface area contributed by atoms with Crippen LogP contribution in [0.4, 0.5) is 5.69 Å². The van der Waals surface area contributed by atoms with E-state index in [-0.39, 0.29) is 12.4 Å². The van der Waals surface area contributed by atoms with Gasteiger partial charge in [-0.3, -0.25) is 9.69 Å². The van der Waals surface area contributed by atoms with Crippen molar-refractivity contribution in [1.29, 1.82) is 0 Å². The zero-order valence-electron chi connectivity index (χ0n) is 8.81. The number of hydrogen-bond acceptors (Lipinski definition) is 4. The number of aliphatic hydroxyl groups is 1. The smallest absolute Gasteiger partial charge is 0.176 e. The number of ketones is 1. The van der Waals surface area contributed by atoms with E-state index < -0.39 is 0 Å². The number of Topliss-reactive ketones (excluding diaryl/α,β-unsaturated/α-hetero) is 1. The Morgan fingerprint density at radius 2 is 2.00 bits per heavy atom. The first-order valence-corrected chi connectivity index (χ1v) is 4.81. The van der Waals surface area contributed by atoms with Gasteiger partial charge in [0.25, 0.3) is 0 Å². The minimum atomic E-state index is 0.0333. The third-order valence-electron chi connectivity index (χ3n) is 2.13. The predicted molar refractivity (Wildman–Crippen MR) is 59.8 cm³/mol. The Kier molecular flexibility index (Phi) is 4.27. The SMILES string of the molecule is CN(CCO)CC(=O)c1ccc(N)cc1. The molecular formula is C11H16N2O2. The van der Waals surface area contributed by atoms with E-state index in [0.29, 0.717) is 24.3 Å². The lowest BCUT2D eigenvalue weighted by atomic mass is 10.1. The molecule has 0 aromatic heterocycles. The molecule has 0 amide bonds. The molecule has 15 heavy (non-hydrogen) atoms. The van der Waals surface area contributed by atoms with Gasteiger partial charge in [-0.1, -0.05) is 0 Å². The number of likely N-dealkylation sites (N-methyl/N-ethyl adjacent to an activating group) is 1. The van der Waals surface area contributed by atoms with E-state index in [1.165, 1.54) is 0 Å². The van der Waals surface area contributed by atoms with Crippen LogP contribution in [0, 0.1) is 0 Å². The number of carbonyl (C=O) groups excluding carboxylic acids is 1. The van der Waals surface area contributed by atoms with Gasteiger partial charge in [-0.25, -0.2) is 0 Å². The number of carbonyl (C=O) groups is 1. The first kappa shape index (κ1) is 11.7. The standard InChI is InChI=1S/C11H16N2O2/c1-13(6-7-14)8-11(15)9-2-4-10(12)5-3-9/h2-5,14H,6-8,12H2,1H3. The monoisotopic (exact) mass is 208 g/mol. The highest BCUT2D eigenvalue weighted by molar-refractivity contribution is 5.97. The second kappa shape index (κ2) is 5.48. The van der Waals surface area contributed by atoms with Gasteiger partial charge in [0, 0.05) is 17.8 Å². The van der Waals surface area contributed by atoms with E-state index >= 15 is 0 Å². The number of rotatable bonds is 5. The predicted octanol–water partition coefficient (Wildman–Crippen LogP) is 0.376. The minimum Gasteiger partial charge on any atom is -0.399 e. The van der Waals surface area contributed by atoms with Crippen molar-refractivity contribution in [1.82, 2.24) is 4.90 Å². The Hall–Kier alpha value is -1.39. The third-order valence-corrected chi connectivity index (χ3v) is 2.13. The normalized spacial score (nSPS) is 10.6. The van der Waals surface area contributed by atoms with Gasteiger partial charge in [0.15, 0.2) is 5.78 Å². The van der Waals surface area contributed by atoms with Crippen LogP contribution in [0.15, 0.2) is 24.3 Å². The van der Waals surface area contributed by atoms with Crippen LogP contribution < -0.4 is 5.73 Å². The summed E-state index contributed by atoms with van der Waals surface area (Å²) >= 11 is 0. The molecule has 3 N–H and O–H groups in total. The molecule has 0 aliphatic heterocycles. The van der Waals surface area contributed by atoms with E-state index in [2.05, 4.69) is 0 Å². The fraction of sp³-hybridized carbons (Fsp3) is 0.364. The maximum absolute atomic E-state index is 11.7. The maximum Gasteiger partial charge on any atom is 0.176 e. The largest absolute Gasteiger partial charge is 0.399 e. The van der Waals surface area contributed by atoms with Gasteiger partial charge < -0.3 is 10.8 Å². The van der Waals surface area contributed by atoms with E-state index in [1.54, 1.807) is 36.2 Å². The van der Waals surface area contributed by atoms with E-state index in [1.807, 2.05) is 0 Å². The average Bonchev–Trinajstić information content (AvgIpc) is 2.18. The summed E-state index contributed by atoms with van der Waals surface area (Å²) in [6.45, 7) is 0.872. The topological polar surface area (TPSA) is 66.6 Å². The highest BCUT2D eigenvalue weighted by atomic mass is 16.3. The number of aliphatic hydroxyl groups excluding tert-OH is 1. The summed E-state index contributed by atoms with van der Waals surface area (Å²) in [6, 6.07) is 6.84. The molecule has 1 rings (SSSR count). The van der Waals surface area contributed by atoms with Crippen LogP contribution in [0.25, 0.3) is 0 Å². The number of benzene rings is 1. The van der Waals surface area contributed by atoms with Crippen LogP contribution >= 0.6 is 0 Å². The lowest BCUT2D eigenvalue weighted by Gasteiger charge is -2.13. The Morgan fingerprint density at radius 3 is 2.53 bits per heavy atom. The average molecular weight is 208 g/mol. The second-order valence-electron chi connectivity index (χ2n) is 3.51. The molecule has 0 radical (unpaired) electrons. The number of nitrogen functional groups attached to an aromatic ring is 1. The Bertz CT molecular complexity index is 322. The van der Waals surface area contributed by atoms with Gasteiger partial charge in [-0.05, 0) is 31.3 Å². The lowest BCUT2D eigenvalue weighted by molar-refractivity contribution is 0.0936. The Balaban J connectivity index is 2.57. The summed E-state index contributed by atoms with van der Waals surface area (Å²) in [6.07, 6.45) is 0. The van der Waals surface area contributed by atoms with Crippen LogP contribution in [0.1, 0.15) is 10.4 Å². The third kappa shape index (κ3) is 3.69. The van der Waals surface area contributed by atoms with E-state index in [4.69, 9.17) is 10.8 Å². The summed E-state index contributed by atoms with van der Waals surface area (Å²) in [5.41, 5.74) is 6.82. The minimum absolute atomic E-state index is 0.0333. The molecule has 0 heterocycles. The van der Waals surface area contributed by atoms with Gasteiger partial charge in [-0.15, -0.1) is 0 Å². The van der Waals surface area contributed by atoms with Crippen molar-refractivity contribution in [3.8, 4) is 0 Å². The maximum atomic E-state index is 11.7. The first-order valence-electron chi connectivity index (χ1n) is 4.81. The van der Waals surface area contributed by atoms with Crippen molar-refractivity contribution >= 4 is 11.5 Å². The van der Waals surface area contributed by atoms with Crippen molar-refractivity contribution in [2.45, 2.75) is 0 Å². The molecular weight excluding hydrogens is 192 g/mol. The van der Waals surface area contributed by atoms with Gasteiger partial charge >= 0.3 is 0 Å². The summed E-state index contributed by atoms with van der Waals surface area (Å²) in [7, 11) is 1.80. The molecule has 0 saturated carbocycles. The van der Waals surface area contributed by atoms with Crippen molar-refractivity contribution in [2.75, 3.05) is 32.5 Å². The fourth-order valence-corrected chi connectivity index (χ4v) is 1.26. The molecule has 4 nitrogen and oxygen atoms in total. The molecule has 1 aromatic carbocycles. The highest BCUT2D eigenvalue weighted by Crippen LogP contribution is 2.06. The molecule has 0 saturated heterocycles. The van der Waals surface area contributed by atoms with Crippen LogP contribution in [0.5, 0.6) is 0 Å². The van der Waals surface area contributed by atoms with Gasteiger partial charge in [0.2, 0.25) is 0 Å². The van der Waals surface area contributed by atoms with Crippen LogP contribution in [-0.2, 0) is 0 Å². The molecule has 0 unspecified atom stereocenters. The first-order chi connectivity index (χ1) is 7.13. The number of hydrogen-bond donors (Lipinski definition) is 2. The molecule has 0 fully saturated rings. The Labute approximate surface area is 89.3 Å². The quantitative estimate of drug-likeness (QED) is 0.542. The van der Waals surface area contributed by atoms with Gasteiger partial charge in [0.1, 0.15) is 0 Å². The Morgan fingerprint density at radius 1 is 1.40 bits per heavy atom. The molecule has 82 valence electrons. The second-order valence-corrected chi connectivity index (χ2v) is 3.51. The fourth-order valence-electron chi connectivity index (χ4n) is 1.26. The van der Waals surface area contributed by atoms with Crippen LogP contribution in [0.3, 0.4) is 0 Å². The zero-order valence-corrected chi connectivity index (χ0v) is 8.81. The van der Waals surface area contributed by atoms with E-state index in [0.717, 1.165) is 0 Å². The van der Waals surface area contributed by atoms with Crippen molar-refractivity contribution in [3.05, 3.63) is 29.8 Å². The highest BCUT2D eigenvalue weighted by Gasteiger charge is 2.08. The summed E-state index contributed by atoms with van der Waals surface area (Å²) < 4.78 is 0. The lowest BCUT2D eigenvalue weighted by Crippen LogP contribution is -2.28. The molecule has 4 heteroatoms. The zero-order chi connectivity index (χ0) is 11.3. The number of anilines is 1. The summed E-state index contributed by atoms with van der Waals surface area (Å²) in [4.78, 5) is 13.5. The molecule has 0 aliphatic rings. The molecule has 0 aliphatic carbocycles. The number of nitrogens with zero attached hydrogens (tertiary/aromatic N) is 1. The van der Waals surface area contributed by atoms with E-state index in [9.17, 15) is 4.79 Å². The van der Waals surface area contributed by atoms with Crippen LogP contribution in [-0.4, -0.2) is 42.5 Å². The molecule has 0 spiro atoms. The van der Waals surface area contributed by atoms with Crippen molar-refractivity contribution < 1.29 is 9.90 Å². The number of nitrogens with two attached hydrogens (primary N) is 1. The van der Waals surface area contributed by atoms with Gasteiger partial charge in [-0.2, -0.15) is 0 Å². The van der Waals surface area contributed by atoms with Crippen molar-refractivity contribution in [2.24, 2.45) is 0 Å².